The average Bonchev–Trinajstić information content (AvgIpc) is 2.68. The molecule has 96 valence electrons. The minimum Gasteiger partial charge on any atom is -0.307 e. The Morgan fingerprint density at radius 1 is 1.42 bits per heavy atom. The van der Waals surface area contributed by atoms with Crippen LogP contribution in [-0.4, -0.2) is 15.2 Å². The van der Waals surface area contributed by atoms with Crippen LogP contribution in [0.3, 0.4) is 0 Å². The summed E-state index contributed by atoms with van der Waals surface area (Å²) < 4.78 is 0.431. The van der Waals surface area contributed by atoms with Crippen molar-refractivity contribution in [3.63, 3.8) is 0 Å². The third-order valence-electron chi connectivity index (χ3n) is 2.26. The standard InChI is InChI=1S/C12H8N2O3S2/c15-11-10(19-12(18)13-11)6-2-4-8-3-1-5-9(7-8)14(16)17/h1-7H,(H,13,15,18)/b4-2+,10-6-. The zero-order valence-corrected chi connectivity index (χ0v) is 11.2. The molecule has 1 aliphatic heterocycles. The summed E-state index contributed by atoms with van der Waals surface area (Å²) >= 11 is 6.04. The number of carbonyl (C=O) groups is 1. The maximum Gasteiger partial charge on any atom is 0.270 e. The lowest BCUT2D eigenvalue weighted by atomic mass is 10.2. The molecule has 19 heavy (non-hydrogen) atoms. The minimum atomic E-state index is -0.450. The van der Waals surface area contributed by atoms with Crippen molar-refractivity contribution >= 4 is 46.0 Å². The van der Waals surface area contributed by atoms with Crippen LogP contribution in [0.5, 0.6) is 0 Å². The van der Waals surface area contributed by atoms with Crippen molar-refractivity contribution in [2.75, 3.05) is 0 Å². The second kappa shape index (κ2) is 5.77. The monoisotopic (exact) mass is 292 g/mol. The normalized spacial score (nSPS) is 17.2. The van der Waals surface area contributed by atoms with Gasteiger partial charge in [-0.2, -0.15) is 0 Å². The van der Waals surface area contributed by atoms with Crippen LogP contribution in [0.25, 0.3) is 6.08 Å². The van der Waals surface area contributed by atoms with Crippen molar-refractivity contribution < 1.29 is 9.72 Å². The summed E-state index contributed by atoms with van der Waals surface area (Å²) in [6.07, 6.45) is 4.97. The number of allylic oxidation sites excluding steroid dienone is 2. The molecule has 1 aromatic carbocycles. The molecule has 1 heterocycles. The second-order valence-corrected chi connectivity index (χ2v) is 5.30. The molecule has 1 fully saturated rings. The van der Waals surface area contributed by atoms with Crippen molar-refractivity contribution in [1.29, 1.82) is 0 Å². The molecular formula is C12H8N2O3S2. The highest BCUT2D eigenvalue weighted by Crippen LogP contribution is 2.23. The Balaban J connectivity index is 2.13. The number of hydrogen-bond donors (Lipinski definition) is 1. The predicted molar refractivity (Wildman–Crippen MR) is 78.5 cm³/mol. The van der Waals surface area contributed by atoms with Gasteiger partial charge in [-0.25, -0.2) is 0 Å². The number of nitro benzene ring substituents is 1. The van der Waals surface area contributed by atoms with Gasteiger partial charge in [0.2, 0.25) is 0 Å². The van der Waals surface area contributed by atoms with E-state index in [1.165, 1.54) is 23.9 Å². The third-order valence-corrected chi connectivity index (χ3v) is 3.44. The molecule has 0 unspecified atom stereocenters. The zero-order chi connectivity index (χ0) is 13.8. The van der Waals surface area contributed by atoms with Gasteiger partial charge in [0.1, 0.15) is 4.32 Å². The molecule has 5 nitrogen and oxygen atoms in total. The van der Waals surface area contributed by atoms with Gasteiger partial charge in [0, 0.05) is 12.1 Å². The van der Waals surface area contributed by atoms with Crippen molar-refractivity contribution in [2.24, 2.45) is 0 Å². The van der Waals surface area contributed by atoms with Crippen molar-refractivity contribution in [3.05, 3.63) is 57.0 Å². The summed E-state index contributed by atoms with van der Waals surface area (Å²) in [5.74, 6) is -0.223. The molecule has 0 saturated carbocycles. The predicted octanol–water partition coefficient (Wildman–Crippen LogP) is 2.64. The second-order valence-electron chi connectivity index (χ2n) is 3.59. The van der Waals surface area contributed by atoms with Gasteiger partial charge in [0.25, 0.3) is 11.6 Å². The van der Waals surface area contributed by atoms with Crippen LogP contribution in [-0.2, 0) is 4.79 Å². The van der Waals surface area contributed by atoms with E-state index in [2.05, 4.69) is 5.32 Å². The molecule has 7 heteroatoms. The van der Waals surface area contributed by atoms with Gasteiger partial charge in [-0.05, 0) is 11.6 Å². The highest BCUT2D eigenvalue weighted by molar-refractivity contribution is 8.26. The maximum atomic E-state index is 11.4. The largest absolute Gasteiger partial charge is 0.307 e. The van der Waals surface area contributed by atoms with Crippen LogP contribution in [0.2, 0.25) is 0 Å². The molecule has 1 amide bonds. The zero-order valence-electron chi connectivity index (χ0n) is 9.53. The van der Waals surface area contributed by atoms with E-state index >= 15 is 0 Å². The van der Waals surface area contributed by atoms with Gasteiger partial charge in [-0.1, -0.05) is 48.3 Å². The first-order chi connectivity index (χ1) is 9.06. The molecular weight excluding hydrogens is 284 g/mol. The van der Waals surface area contributed by atoms with Crippen molar-refractivity contribution in [1.82, 2.24) is 5.32 Å². The van der Waals surface area contributed by atoms with Crippen molar-refractivity contribution in [3.8, 4) is 0 Å². The Morgan fingerprint density at radius 3 is 2.84 bits per heavy atom. The molecule has 0 aromatic heterocycles. The SMILES string of the molecule is O=C1NC(=S)S/C1=C\C=C\c1cccc([N+](=O)[O-])c1. The molecule has 0 spiro atoms. The third kappa shape index (κ3) is 3.49. The molecule has 1 N–H and O–H groups in total. The Labute approximate surface area is 118 Å². The van der Waals surface area contributed by atoms with E-state index in [4.69, 9.17) is 12.2 Å². The summed E-state index contributed by atoms with van der Waals surface area (Å²) in [6.45, 7) is 0. The molecule has 0 aliphatic carbocycles. The molecule has 0 atom stereocenters. The molecule has 0 bridgehead atoms. The number of benzene rings is 1. The minimum absolute atomic E-state index is 0.0314. The van der Waals surface area contributed by atoms with Gasteiger partial charge < -0.3 is 5.32 Å². The Morgan fingerprint density at radius 2 is 2.21 bits per heavy atom. The first-order valence-corrected chi connectivity index (χ1v) is 6.45. The lowest BCUT2D eigenvalue weighted by molar-refractivity contribution is -0.384. The van der Waals surface area contributed by atoms with Crippen LogP contribution in [0.4, 0.5) is 5.69 Å². The van der Waals surface area contributed by atoms with Crippen LogP contribution in [0.15, 0.2) is 41.3 Å². The summed E-state index contributed by atoms with van der Waals surface area (Å²) in [4.78, 5) is 22.0. The van der Waals surface area contributed by atoms with E-state index in [1.54, 1.807) is 30.4 Å². The van der Waals surface area contributed by atoms with Gasteiger partial charge in [0.05, 0.1) is 9.83 Å². The van der Waals surface area contributed by atoms with E-state index in [0.29, 0.717) is 14.8 Å². The van der Waals surface area contributed by atoms with Crippen molar-refractivity contribution in [2.45, 2.75) is 0 Å². The quantitative estimate of drug-likeness (QED) is 0.401. The van der Waals surface area contributed by atoms with E-state index in [-0.39, 0.29) is 11.6 Å². The van der Waals surface area contributed by atoms with Gasteiger partial charge in [-0.3, -0.25) is 14.9 Å². The highest BCUT2D eigenvalue weighted by Gasteiger charge is 2.20. The molecule has 1 aromatic rings. The molecule has 0 radical (unpaired) electrons. The number of rotatable bonds is 3. The van der Waals surface area contributed by atoms with Gasteiger partial charge >= 0.3 is 0 Å². The number of amides is 1. The number of nitrogens with zero attached hydrogens (tertiary/aromatic N) is 1. The smallest absolute Gasteiger partial charge is 0.270 e. The molecule has 1 aliphatic rings. The highest BCUT2D eigenvalue weighted by atomic mass is 32.2. The summed E-state index contributed by atoms with van der Waals surface area (Å²) in [5, 5.41) is 13.1. The maximum absolute atomic E-state index is 11.4. The Bertz CT molecular complexity index is 623. The fourth-order valence-electron chi connectivity index (χ4n) is 1.42. The molecule has 1 saturated heterocycles. The van der Waals surface area contributed by atoms with Gasteiger partial charge in [0.15, 0.2) is 0 Å². The lowest BCUT2D eigenvalue weighted by Gasteiger charge is -1.93. The number of thiocarbonyl (C=S) groups is 1. The number of nitro groups is 1. The summed E-state index contributed by atoms with van der Waals surface area (Å²) in [6, 6.07) is 6.24. The average molecular weight is 292 g/mol. The number of carbonyl (C=O) groups excluding carboxylic acids is 1. The topological polar surface area (TPSA) is 72.2 Å². The van der Waals surface area contributed by atoms with Crippen LogP contribution in [0, 0.1) is 10.1 Å². The van der Waals surface area contributed by atoms with Crippen LogP contribution >= 0.6 is 24.0 Å². The fraction of sp³-hybridized carbons (Fsp3) is 0. The first-order valence-electron chi connectivity index (χ1n) is 5.22. The Kier molecular flexibility index (Phi) is 4.08. The number of thioether (sulfide) groups is 1. The summed E-state index contributed by atoms with van der Waals surface area (Å²) in [5.41, 5.74) is 0.723. The van der Waals surface area contributed by atoms with Gasteiger partial charge in [-0.15, -0.1) is 0 Å². The number of non-ortho nitro benzene ring substituents is 1. The Hall–Kier alpha value is -1.99. The van der Waals surface area contributed by atoms with Crippen LogP contribution in [0.1, 0.15) is 5.56 Å². The summed E-state index contributed by atoms with van der Waals surface area (Å²) in [7, 11) is 0. The van der Waals surface area contributed by atoms with E-state index in [0.717, 1.165) is 0 Å². The number of nitrogens with one attached hydrogen (secondary N) is 1. The lowest BCUT2D eigenvalue weighted by Crippen LogP contribution is -2.17. The van der Waals surface area contributed by atoms with E-state index < -0.39 is 4.92 Å². The van der Waals surface area contributed by atoms with Crippen LogP contribution < -0.4 is 5.32 Å². The van der Waals surface area contributed by atoms with E-state index in [9.17, 15) is 14.9 Å². The first kappa shape index (κ1) is 13.4. The fourth-order valence-corrected chi connectivity index (χ4v) is 2.42. The number of hydrogen-bond acceptors (Lipinski definition) is 5. The molecule has 2 rings (SSSR count). The van der Waals surface area contributed by atoms with E-state index in [1.807, 2.05) is 0 Å².